The first-order valence-corrected chi connectivity index (χ1v) is 6.24. The molecule has 0 unspecified atom stereocenters. The summed E-state index contributed by atoms with van der Waals surface area (Å²) in [6.07, 6.45) is -3.38. The second-order valence-electron chi connectivity index (χ2n) is 4.48. The fourth-order valence-electron chi connectivity index (χ4n) is 1.96. The number of fused-ring (bicyclic) bond motifs is 1. The Kier molecular flexibility index (Phi) is 3.25. The zero-order valence-corrected chi connectivity index (χ0v) is 10.8. The van der Waals surface area contributed by atoms with E-state index in [1.807, 2.05) is 30.3 Å². The van der Waals surface area contributed by atoms with Crippen molar-refractivity contribution in [3.05, 3.63) is 60.0 Å². The van der Waals surface area contributed by atoms with Crippen LogP contribution in [0.5, 0.6) is 0 Å². The maximum Gasteiger partial charge on any atom is 0.417 e. The minimum atomic E-state index is -4.39. The number of rotatable bonds is 3. The summed E-state index contributed by atoms with van der Waals surface area (Å²) in [5.41, 5.74) is 0.518. The summed E-state index contributed by atoms with van der Waals surface area (Å²) in [6, 6.07) is 11.7. The standard InChI is InChI=1S/C14H11F3N4/c15-14(16,17)10-6-7-12-19-20-13(21(12)9-10)8-18-11-4-2-1-3-5-11/h1-7,9,18H,8H2. The lowest BCUT2D eigenvalue weighted by atomic mass is 10.3. The van der Waals surface area contributed by atoms with E-state index in [2.05, 4.69) is 15.5 Å². The van der Waals surface area contributed by atoms with Gasteiger partial charge in [0.25, 0.3) is 0 Å². The first kappa shape index (κ1) is 13.4. The highest BCUT2D eigenvalue weighted by Crippen LogP contribution is 2.29. The van der Waals surface area contributed by atoms with Crippen LogP contribution in [0.1, 0.15) is 11.4 Å². The van der Waals surface area contributed by atoms with Gasteiger partial charge in [0.15, 0.2) is 11.5 Å². The van der Waals surface area contributed by atoms with E-state index in [4.69, 9.17) is 0 Å². The molecule has 0 aliphatic heterocycles. The van der Waals surface area contributed by atoms with Crippen LogP contribution in [0.15, 0.2) is 48.7 Å². The van der Waals surface area contributed by atoms with E-state index in [0.717, 1.165) is 18.0 Å². The van der Waals surface area contributed by atoms with Crippen molar-refractivity contribution in [2.24, 2.45) is 0 Å². The molecule has 0 saturated heterocycles. The predicted octanol–water partition coefficient (Wildman–Crippen LogP) is 3.36. The number of nitrogens with one attached hydrogen (secondary N) is 1. The predicted molar refractivity (Wildman–Crippen MR) is 71.8 cm³/mol. The van der Waals surface area contributed by atoms with Gasteiger partial charge in [0.2, 0.25) is 0 Å². The monoisotopic (exact) mass is 292 g/mol. The van der Waals surface area contributed by atoms with Crippen LogP contribution in [0, 0.1) is 0 Å². The van der Waals surface area contributed by atoms with Crippen LogP contribution in [0.2, 0.25) is 0 Å². The molecule has 21 heavy (non-hydrogen) atoms. The largest absolute Gasteiger partial charge is 0.417 e. The number of alkyl halides is 3. The van der Waals surface area contributed by atoms with Crippen LogP contribution in [-0.4, -0.2) is 14.6 Å². The molecule has 0 bridgehead atoms. The van der Waals surface area contributed by atoms with Gasteiger partial charge in [-0.2, -0.15) is 13.2 Å². The lowest BCUT2D eigenvalue weighted by Gasteiger charge is -2.08. The molecule has 0 amide bonds. The van der Waals surface area contributed by atoms with Gasteiger partial charge in [-0.05, 0) is 24.3 Å². The maximum absolute atomic E-state index is 12.7. The van der Waals surface area contributed by atoms with E-state index in [1.165, 1.54) is 10.5 Å². The van der Waals surface area contributed by atoms with Gasteiger partial charge in [-0.15, -0.1) is 10.2 Å². The van der Waals surface area contributed by atoms with Crippen molar-refractivity contribution in [2.75, 3.05) is 5.32 Å². The minimum Gasteiger partial charge on any atom is -0.378 e. The molecule has 0 aliphatic carbocycles. The summed E-state index contributed by atoms with van der Waals surface area (Å²) in [6.45, 7) is 0.284. The van der Waals surface area contributed by atoms with Crippen LogP contribution >= 0.6 is 0 Å². The van der Waals surface area contributed by atoms with Gasteiger partial charge < -0.3 is 5.32 Å². The third-order valence-electron chi connectivity index (χ3n) is 3.02. The quantitative estimate of drug-likeness (QED) is 0.805. The summed E-state index contributed by atoms with van der Waals surface area (Å²) in [7, 11) is 0. The maximum atomic E-state index is 12.7. The van der Waals surface area contributed by atoms with Crippen LogP contribution in [0.3, 0.4) is 0 Å². The molecule has 0 aliphatic rings. The highest BCUT2D eigenvalue weighted by Gasteiger charge is 2.31. The molecule has 0 atom stereocenters. The molecule has 0 spiro atoms. The fourth-order valence-corrected chi connectivity index (χ4v) is 1.96. The van der Waals surface area contributed by atoms with Gasteiger partial charge in [0.05, 0.1) is 12.1 Å². The Labute approximate surface area is 118 Å². The average molecular weight is 292 g/mol. The van der Waals surface area contributed by atoms with Crippen LogP contribution in [-0.2, 0) is 12.7 Å². The molecule has 0 saturated carbocycles. The molecular formula is C14H11F3N4. The van der Waals surface area contributed by atoms with Crippen molar-refractivity contribution in [3.8, 4) is 0 Å². The third-order valence-corrected chi connectivity index (χ3v) is 3.02. The molecule has 0 fully saturated rings. The Morgan fingerprint density at radius 3 is 2.48 bits per heavy atom. The van der Waals surface area contributed by atoms with Gasteiger partial charge in [-0.3, -0.25) is 4.40 Å². The van der Waals surface area contributed by atoms with E-state index >= 15 is 0 Å². The van der Waals surface area contributed by atoms with Gasteiger partial charge in [0, 0.05) is 11.9 Å². The Morgan fingerprint density at radius 1 is 1.00 bits per heavy atom. The smallest absolute Gasteiger partial charge is 0.378 e. The number of aromatic nitrogens is 3. The first-order valence-electron chi connectivity index (χ1n) is 6.24. The normalized spacial score (nSPS) is 11.8. The van der Waals surface area contributed by atoms with Gasteiger partial charge >= 0.3 is 6.18 Å². The highest BCUT2D eigenvalue weighted by molar-refractivity contribution is 5.44. The molecule has 2 aromatic heterocycles. The molecule has 4 nitrogen and oxygen atoms in total. The Bertz CT molecular complexity index is 750. The zero-order chi connectivity index (χ0) is 14.9. The number of benzene rings is 1. The van der Waals surface area contributed by atoms with Gasteiger partial charge in [-0.1, -0.05) is 18.2 Å². The lowest BCUT2D eigenvalue weighted by Crippen LogP contribution is -2.08. The summed E-state index contributed by atoms with van der Waals surface area (Å²) < 4.78 is 39.6. The van der Waals surface area contributed by atoms with Crippen molar-refractivity contribution in [2.45, 2.75) is 12.7 Å². The number of hydrogen-bond acceptors (Lipinski definition) is 3. The number of nitrogens with zero attached hydrogens (tertiary/aromatic N) is 3. The molecule has 2 heterocycles. The number of para-hydroxylation sites is 1. The number of hydrogen-bond donors (Lipinski definition) is 1. The van der Waals surface area contributed by atoms with Gasteiger partial charge in [0.1, 0.15) is 0 Å². The highest BCUT2D eigenvalue weighted by atomic mass is 19.4. The number of anilines is 1. The molecular weight excluding hydrogens is 281 g/mol. The lowest BCUT2D eigenvalue weighted by molar-refractivity contribution is -0.137. The van der Waals surface area contributed by atoms with Crippen LogP contribution in [0.25, 0.3) is 5.65 Å². The summed E-state index contributed by atoms with van der Waals surface area (Å²) in [4.78, 5) is 0. The zero-order valence-electron chi connectivity index (χ0n) is 10.8. The molecule has 3 rings (SSSR count). The van der Waals surface area contributed by atoms with E-state index in [1.54, 1.807) is 0 Å². The average Bonchev–Trinajstić information content (AvgIpc) is 2.87. The molecule has 0 radical (unpaired) electrons. The molecule has 1 aromatic carbocycles. The summed E-state index contributed by atoms with van der Waals surface area (Å²) in [5.74, 6) is 0.417. The Morgan fingerprint density at radius 2 is 1.76 bits per heavy atom. The molecule has 3 aromatic rings. The van der Waals surface area contributed by atoms with Gasteiger partial charge in [-0.25, -0.2) is 0 Å². The summed E-state index contributed by atoms with van der Waals surface area (Å²) in [5, 5.41) is 10.9. The molecule has 1 N–H and O–H groups in total. The van der Waals surface area contributed by atoms with E-state index in [-0.39, 0.29) is 6.54 Å². The van der Waals surface area contributed by atoms with Crippen molar-refractivity contribution < 1.29 is 13.2 Å². The topological polar surface area (TPSA) is 42.2 Å². The van der Waals surface area contributed by atoms with E-state index < -0.39 is 11.7 Å². The fraction of sp³-hybridized carbons (Fsp3) is 0.143. The van der Waals surface area contributed by atoms with E-state index in [0.29, 0.717) is 11.5 Å². The second-order valence-corrected chi connectivity index (χ2v) is 4.48. The SMILES string of the molecule is FC(F)(F)c1ccc2nnc(CNc3ccccc3)n2c1. The Balaban J connectivity index is 1.88. The second kappa shape index (κ2) is 5.08. The minimum absolute atomic E-state index is 0.284. The van der Waals surface area contributed by atoms with E-state index in [9.17, 15) is 13.2 Å². The van der Waals surface area contributed by atoms with Crippen molar-refractivity contribution in [1.82, 2.24) is 14.6 Å². The van der Waals surface area contributed by atoms with Crippen LogP contribution in [0.4, 0.5) is 18.9 Å². The number of halogens is 3. The van der Waals surface area contributed by atoms with Crippen molar-refractivity contribution in [3.63, 3.8) is 0 Å². The van der Waals surface area contributed by atoms with Crippen LogP contribution < -0.4 is 5.32 Å². The molecule has 7 heteroatoms. The Hall–Kier alpha value is -2.57. The van der Waals surface area contributed by atoms with Crippen molar-refractivity contribution in [1.29, 1.82) is 0 Å². The van der Waals surface area contributed by atoms with Crippen molar-refractivity contribution >= 4 is 11.3 Å². The first-order chi connectivity index (χ1) is 10.0. The summed E-state index contributed by atoms with van der Waals surface area (Å²) >= 11 is 0. The number of pyridine rings is 1. The third kappa shape index (κ3) is 2.81. The molecule has 108 valence electrons.